The van der Waals surface area contributed by atoms with Crippen LogP contribution in [0.15, 0.2) is 0 Å². The summed E-state index contributed by atoms with van der Waals surface area (Å²) in [5.74, 6) is 4.32. The molecule has 2 aliphatic rings. The molecule has 2 rings (SSSR count). The first kappa shape index (κ1) is 13.0. The monoisotopic (exact) mass is 184 g/mol. The maximum atomic E-state index is 2.46. The first-order chi connectivity index (χ1) is 5.30. The van der Waals surface area contributed by atoms with Crippen LogP contribution in [0.1, 0.15) is 60.8 Å². The van der Waals surface area contributed by atoms with Gasteiger partial charge < -0.3 is 0 Å². The lowest BCUT2D eigenvalue weighted by atomic mass is 9.56. The fourth-order valence-electron chi connectivity index (χ4n) is 3.30. The Hall–Kier alpha value is 0. The van der Waals surface area contributed by atoms with E-state index in [1.54, 1.807) is 0 Å². The van der Waals surface area contributed by atoms with Crippen LogP contribution in [-0.4, -0.2) is 0 Å². The second-order valence-corrected chi connectivity index (χ2v) is 4.68. The Kier molecular flexibility index (Phi) is 5.02. The Morgan fingerprint density at radius 1 is 0.692 bits per heavy atom. The number of fused-ring (bicyclic) bond motifs is 1. The number of hydrogen-bond donors (Lipinski definition) is 0. The highest BCUT2D eigenvalue weighted by atomic mass is 14.5. The summed E-state index contributed by atoms with van der Waals surface area (Å²) in [7, 11) is 0. The molecule has 0 aromatic carbocycles. The zero-order chi connectivity index (χ0) is 7.84. The van der Waals surface area contributed by atoms with E-state index in [1.165, 1.54) is 32.1 Å². The minimum absolute atomic E-state index is 0. The molecular formula is C13H28. The summed E-state index contributed by atoms with van der Waals surface area (Å²) in [5, 5.41) is 0. The molecule has 0 nitrogen and oxygen atoms in total. The Morgan fingerprint density at radius 2 is 1.08 bits per heavy atom. The highest BCUT2D eigenvalue weighted by Crippen LogP contribution is 2.51. The second kappa shape index (κ2) is 5.02. The molecule has 0 radical (unpaired) electrons. The largest absolute Gasteiger partial charge is 0.0776 e. The van der Waals surface area contributed by atoms with Crippen LogP contribution < -0.4 is 0 Å². The van der Waals surface area contributed by atoms with Gasteiger partial charge in [-0.05, 0) is 36.5 Å². The van der Waals surface area contributed by atoms with Crippen molar-refractivity contribution < 1.29 is 0 Å². The minimum Gasteiger partial charge on any atom is -0.0776 e. The van der Waals surface area contributed by atoms with Gasteiger partial charge in [0, 0.05) is 0 Å². The van der Waals surface area contributed by atoms with Gasteiger partial charge in [-0.1, -0.05) is 48.0 Å². The van der Waals surface area contributed by atoms with E-state index in [4.69, 9.17) is 0 Å². The zero-order valence-electron chi connectivity index (χ0n) is 7.84. The summed E-state index contributed by atoms with van der Waals surface area (Å²) in [5.41, 5.74) is 0. The average molecular weight is 184 g/mol. The van der Waals surface area contributed by atoms with Crippen molar-refractivity contribution in [3.05, 3.63) is 0 Å². The molecule has 0 N–H and O–H groups in total. The van der Waals surface area contributed by atoms with Crippen LogP contribution in [0, 0.1) is 23.7 Å². The van der Waals surface area contributed by atoms with Crippen molar-refractivity contribution in [3.8, 4) is 0 Å². The number of rotatable bonds is 0. The summed E-state index contributed by atoms with van der Waals surface area (Å²) >= 11 is 0. The van der Waals surface area contributed by atoms with E-state index in [9.17, 15) is 0 Å². The van der Waals surface area contributed by atoms with Crippen LogP contribution in [0.5, 0.6) is 0 Å². The molecule has 0 amide bonds. The third-order valence-corrected chi connectivity index (χ3v) is 4.30. The third kappa shape index (κ3) is 2.08. The Morgan fingerprint density at radius 3 is 1.46 bits per heavy atom. The van der Waals surface area contributed by atoms with Gasteiger partial charge in [-0.2, -0.15) is 0 Å². The lowest BCUT2D eigenvalue weighted by Crippen LogP contribution is -2.42. The SMILES string of the molecule is C.C.CC1C(C)C2CCCCCC12. The topological polar surface area (TPSA) is 0 Å². The van der Waals surface area contributed by atoms with E-state index < -0.39 is 0 Å². The Balaban J connectivity index is 0.000000720. The quantitative estimate of drug-likeness (QED) is 0.510. The van der Waals surface area contributed by atoms with Crippen molar-refractivity contribution in [2.45, 2.75) is 60.8 Å². The van der Waals surface area contributed by atoms with E-state index in [1.807, 2.05) is 0 Å². The van der Waals surface area contributed by atoms with Gasteiger partial charge in [0.2, 0.25) is 0 Å². The highest BCUT2D eigenvalue weighted by molar-refractivity contribution is 4.93. The van der Waals surface area contributed by atoms with Crippen LogP contribution in [0.25, 0.3) is 0 Å². The molecular weight excluding hydrogens is 156 g/mol. The lowest BCUT2D eigenvalue weighted by molar-refractivity contribution is -0.00282. The van der Waals surface area contributed by atoms with Crippen LogP contribution in [0.3, 0.4) is 0 Å². The molecule has 0 bridgehead atoms. The van der Waals surface area contributed by atoms with Crippen LogP contribution in [0.2, 0.25) is 0 Å². The molecule has 13 heavy (non-hydrogen) atoms. The van der Waals surface area contributed by atoms with E-state index in [0.717, 1.165) is 23.7 Å². The second-order valence-electron chi connectivity index (χ2n) is 4.68. The maximum Gasteiger partial charge on any atom is -0.0355 e. The summed E-state index contributed by atoms with van der Waals surface area (Å²) in [6, 6.07) is 0. The molecule has 4 unspecified atom stereocenters. The molecule has 2 saturated carbocycles. The normalized spacial score (nSPS) is 42.9. The van der Waals surface area contributed by atoms with E-state index in [-0.39, 0.29) is 14.9 Å². The van der Waals surface area contributed by atoms with E-state index in [0.29, 0.717) is 0 Å². The molecule has 0 aromatic heterocycles. The lowest BCUT2D eigenvalue weighted by Gasteiger charge is -2.49. The van der Waals surface area contributed by atoms with Gasteiger partial charge in [0.05, 0.1) is 0 Å². The summed E-state index contributed by atoms with van der Waals surface area (Å²) in [4.78, 5) is 0. The number of hydrogen-bond acceptors (Lipinski definition) is 0. The minimum atomic E-state index is 0. The molecule has 0 heteroatoms. The molecule has 2 fully saturated rings. The van der Waals surface area contributed by atoms with Gasteiger partial charge in [-0.15, -0.1) is 0 Å². The molecule has 0 aromatic rings. The highest BCUT2D eigenvalue weighted by Gasteiger charge is 2.44. The van der Waals surface area contributed by atoms with Gasteiger partial charge in [0.15, 0.2) is 0 Å². The van der Waals surface area contributed by atoms with Crippen molar-refractivity contribution in [1.82, 2.24) is 0 Å². The van der Waals surface area contributed by atoms with Gasteiger partial charge >= 0.3 is 0 Å². The summed E-state index contributed by atoms with van der Waals surface area (Å²) in [6.45, 7) is 4.91. The van der Waals surface area contributed by atoms with Crippen molar-refractivity contribution >= 4 is 0 Å². The molecule has 2 aliphatic carbocycles. The van der Waals surface area contributed by atoms with E-state index in [2.05, 4.69) is 13.8 Å². The molecule has 0 heterocycles. The van der Waals surface area contributed by atoms with Crippen molar-refractivity contribution in [2.75, 3.05) is 0 Å². The molecule has 4 atom stereocenters. The summed E-state index contributed by atoms with van der Waals surface area (Å²) < 4.78 is 0. The molecule has 0 spiro atoms. The molecule has 80 valence electrons. The molecule has 0 saturated heterocycles. The zero-order valence-corrected chi connectivity index (χ0v) is 7.84. The van der Waals surface area contributed by atoms with Crippen molar-refractivity contribution in [3.63, 3.8) is 0 Å². The first-order valence-electron chi connectivity index (χ1n) is 5.30. The smallest absolute Gasteiger partial charge is 0.0355 e. The van der Waals surface area contributed by atoms with E-state index >= 15 is 0 Å². The van der Waals surface area contributed by atoms with Crippen molar-refractivity contribution in [1.29, 1.82) is 0 Å². The van der Waals surface area contributed by atoms with Crippen LogP contribution in [-0.2, 0) is 0 Å². The third-order valence-electron chi connectivity index (χ3n) is 4.30. The predicted molar refractivity (Wildman–Crippen MR) is 61.9 cm³/mol. The molecule has 0 aliphatic heterocycles. The summed E-state index contributed by atoms with van der Waals surface area (Å²) in [6.07, 6.45) is 7.61. The Labute approximate surface area is 85.1 Å². The van der Waals surface area contributed by atoms with Gasteiger partial charge in [0.25, 0.3) is 0 Å². The fraction of sp³-hybridized carbons (Fsp3) is 1.00. The Bertz CT molecular complexity index is 123. The van der Waals surface area contributed by atoms with Crippen molar-refractivity contribution in [2.24, 2.45) is 23.7 Å². The predicted octanol–water partition coefficient (Wildman–Crippen LogP) is 4.74. The van der Waals surface area contributed by atoms with Gasteiger partial charge in [0.1, 0.15) is 0 Å². The average Bonchev–Trinajstić information content (AvgIpc) is 2.25. The van der Waals surface area contributed by atoms with Gasteiger partial charge in [-0.3, -0.25) is 0 Å². The first-order valence-corrected chi connectivity index (χ1v) is 5.30. The van der Waals surface area contributed by atoms with Crippen LogP contribution >= 0.6 is 0 Å². The fourth-order valence-corrected chi connectivity index (χ4v) is 3.30. The standard InChI is InChI=1S/C11H20.2CH4/c1-8-9(2)11-7-5-3-4-6-10(8)11;;/h8-11H,3-7H2,1-2H3;2*1H4. The van der Waals surface area contributed by atoms with Gasteiger partial charge in [-0.25, -0.2) is 0 Å². The maximum absolute atomic E-state index is 2.46. The van der Waals surface area contributed by atoms with Crippen LogP contribution in [0.4, 0.5) is 0 Å².